The van der Waals surface area contributed by atoms with E-state index in [2.05, 4.69) is 29.7 Å². The number of aliphatic carboxylic acids is 1. The Kier molecular flexibility index (Phi) is 5.48. The van der Waals surface area contributed by atoms with Crippen LogP contribution in [-0.2, 0) is 4.79 Å². The Bertz CT molecular complexity index is 834. The fourth-order valence-electron chi connectivity index (χ4n) is 2.62. The quantitative estimate of drug-likeness (QED) is 0.681. The molecule has 0 aliphatic heterocycles. The van der Waals surface area contributed by atoms with Gasteiger partial charge in [-0.2, -0.15) is 11.3 Å². The molecule has 0 fully saturated rings. The SMILES string of the molecule is CN(CC=C(c1ccc(-c2ccco2)cc1)c1ccsc1)CC(=O)O. The highest BCUT2D eigenvalue weighted by Gasteiger charge is 2.09. The summed E-state index contributed by atoms with van der Waals surface area (Å²) in [5.74, 6) is 0.0181. The van der Waals surface area contributed by atoms with Crippen molar-refractivity contribution >= 4 is 22.9 Å². The molecular weight excluding hydrogens is 334 g/mol. The van der Waals surface area contributed by atoms with Crippen molar-refractivity contribution in [3.05, 3.63) is 76.7 Å². The van der Waals surface area contributed by atoms with E-state index < -0.39 is 5.97 Å². The number of nitrogens with zero attached hydrogens (tertiary/aromatic N) is 1. The molecule has 1 aromatic carbocycles. The Balaban J connectivity index is 1.86. The Morgan fingerprint density at radius 3 is 2.60 bits per heavy atom. The normalized spacial score (nSPS) is 11.8. The molecule has 2 aromatic heterocycles. The monoisotopic (exact) mass is 353 g/mol. The average molecular weight is 353 g/mol. The Morgan fingerprint density at radius 1 is 1.20 bits per heavy atom. The van der Waals surface area contributed by atoms with Crippen LogP contribution in [-0.4, -0.2) is 36.1 Å². The molecule has 0 saturated heterocycles. The van der Waals surface area contributed by atoms with Gasteiger partial charge >= 0.3 is 5.97 Å². The number of benzene rings is 1. The summed E-state index contributed by atoms with van der Waals surface area (Å²) in [6.07, 6.45) is 3.74. The highest BCUT2D eigenvalue weighted by atomic mass is 32.1. The van der Waals surface area contributed by atoms with Crippen LogP contribution < -0.4 is 0 Å². The minimum Gasteiger partial charge on any atom is -0.480 e. The first-order chi connectivity index (χ1) is 12.1. The van der Waals surface area contributed by atoms with Crippen LogP contribution in [0.5, 0.6) is 0 Å². The fourth-order valence-corrected chi connectivity index (χ4v) is 3.28. The molecular formula is C20H19NO3S. The molecule has 0 spiro atoms. The second kappa shape index (κ2) is 7.96. The molecule has 1 N–H and O–H groups in total. The van der Waals surface area contributed by atoms with Crippen molar-refractivity contribution in [2.75, 3.05) is 20.1 Å². The summed E-state index contributed by atoms with van der Waals surface area (Å²) in [6, 6.07) is 14.1. The molecule has 0 bridgehead atoms. The second-order valence-electron chi connectivity index (χ2n) is 5.77. The van der Waals surface area contributed by atoms with E-state index in [0.29, 0.717) is 6.54 Å². The van der Waals surface area contributed by atoms with Crippen LogP contribution in [0.15, 0.2) is 70.0 Å². The van der Waals surface area contributed by atoms with Gasteiger partial charge in [-0.15, -0.1) is 0 Å². The molecule has 0 unspecified atom stereocenters. The van der Waals surface area contributed by atoms with Gasteiger partial charge in [0, 0.05) is 12.1 Å². The maximum absolute atomic E-state index is 10.8. The first kappa shape index (κ1) is 17.2. The minimum atomic E-state index is -0.823. The van der Waals surface area contributed by atoms with Crippen molar-refractivity contribution < 1.29 is 14.3 Å². The van der Waals surface area contributed by atoms with Crippen LogP contribution in [0.1, 0.15) is 11.1 Å². The first-order valence-electron chi connectivity index (χ1n) is 7.91. The van der Waals surface area contributed by atoms with Crippen molar-refractivity contribution in [2.24, 2.45) is 0 Å². The van der Waals surface area contributed by atoms with Crippen molar-refractivity contribution in [1.82, 2.24) is 4.90 Å². The van der Waals surface area contributed by atoms with Gasteiger partial charge in [0.15, 0.2) is 0 Å². The lowest BCUT2D eigenvalue weighted by Gasteiger charge is -2.13. The van der Waals surface area contributed by atoms with E-state index in [1.807, 2.05) is 29.6 Å². The van der Waals surface area contributed by atoms with Gasteiger partial charge in [0.2, 0.25) is 0 Å². The van der Waals surface area contributed by atoms with Crippen LogP contribution in [0.25, 0.3) is 16.9 Å². The van der Waals surface area contributed by atoms with E-state index in [0.717, 1.165) is 28.0 Å². The summed E-state index contributed by atoms with van der Waals surface area (Å²) in [7, 11) is 1.80. The molecule has 0 aliphatic rings. The number of rotatable bonds is 7. The molecule has 0 aliphatic carbocycles. The summed E-state index contributed by atoms with van der Waals surface area (Å²) in [5.41, 5.74) is 4.36. The van der Waals surface area contributed by atoms with Gasteiger partial charge in [-0.1, -0.05) is 30.3 Å². The van der Waals surface area contributed by atoms with Crippen molar-refractivity contribution in [3.63, 3.8) is 0 Å². The van der Waals surface area contributed by atoms with E-state index in [4.69, 9.17) is 9.52 Å². The third-order valence-corrected chi connectivity index (χ3v) is 4.53. The Morgan fingerprint density at radius 2 is 2.00 bits per heavy atom. The van der Waals surface area contributed by atoms with Gasteiger partial charge in [0.05, 0.1) is 12.8 Å². The fraction of sp³-hybridized carbons (Fsp3) is 0.150. The van der Waals surface area contributed by atoms with Crippen molar-refractivity contribution in [2.45, 2.75) is 0 Å². The second-order valence-corrected chi connectivity index (χ2v) is 6.55. The number of carbonyl (C=O) groups is 1. The molecule has 128 valence electrons. The highest BCUT2D eigenvalue weighted by Crippen LogP contribution is 2.28. The van der Waals surface area contributed by atoms with Gasteiger partial charge in [-0.25, -0.2) is 0 Å². The Hall–Kier alpha value is -2.63. The number of furan rings is 1. The lowest BCUT2D eigenvalue weighted by Crippen LogP contribution is -2.25. The summed E-state index contributed by atoms with van der Waals surface area (Å²) >= 11 is 1.65. The van der Waals surface area contributed by atoms with E-state index in [9.17, 15) is 4.79 Å². The maximum atomic E-state index is 10.8. The van der Waals surface area contributed by atoms with Crippen LogP contribution in [0.3, 0.4) is 0 Å². The topological polar surface area (TPSA) is 53.7 Å². The standard InChI is InChI=1S/C20H19NO3S/c1-21(13-20(22)23)10-8-18(17-9-12-25-14-17)15-4-6-16(7-5-15)19-3-2-11-24-19/h2-9,11-12,14H,10,13H2,1H3,(H,22,23). The Labute approximate surface area is 150 Å². The predicted molar refractivity (Wildman–Crippen MR) is 101 cm³/mol. The van der Waals surface area contributed by atoms with Gasteiger partial charge < -0.3 is 9.52 Å². The summed E-state index contributed by atoms with van der Waals surface area (Å²) in [5, 5.41) is 13.0. The van der Waals surface area contributed by atoms with E-state index >= 15 is 0 Å². The van der Waals surface area contributed by atoms with E-state index in [-0.39, 0.29) is 6.54 Å². The molecule has 5 heteroatoms. The van der Waals surface area contributed by atoms with Crippen molar-refractivity contribution in [1.29, 1.82) is 0 Å². The number of thiophene rings is 1. The van der Waals surface area contributed by atoms with E-state index in [1.54, 1.807) is 29.5 Å². The smallest absolute Gasteiger partial charge is 0.317 e. The molecule has 0 atom stereocenters. The largest absolute Gasteiger partial charge is 0.480 e. The van der Waals surface area contributed by atoms with Gasteiger partial charge in [-0.3, -0.25) is 9.69 Å². The summed E-state index contributed by atoms with van der Waals surface area (Å²) < 4.78 is 5.43. The molecule has 3 aromatic rings. The van der Waals surface area contributed by atoms with Crippen LogP contribution in [0.2, 0.25) is 0 Å². The van der Waals surface area contributed by atoms with Crippen LogP contribution in [0.4, 0.5) is 0 Å². The van der Waals surface area contributed by atoms with Gasteiger partial charge in [0.1, 0.15) is 5.76 Å². The van der Waals surface area contributed by atoms with Crippen LogP contribution >= 0.6 is 11.3 Å². The highest BCUT2D eigenvalue weighted by molar-refractivity contribution is 7.08. The molecule has 0 saturated carbocycles. The lowest BCUT2D eigenvalue weighted by molar-refractivity contribution is -0.137. The molecule has 25 heavy (non-hydrogen) atoms. The van der Waals surface area contributed by atoms with Gasteiger partial charge in [-0.05, 0) is 52.7 Å². The van der Waals surface area contributed by atoms with Crippen LogP contribution in [0, 0.1) is 0 Å². The molecule has 3 rings (SSSR count). The van der Waals surface area contributed by atoms with Crippen molar-refractivity contribution in [3.8, 4) is 11.3 Å². The molecule has 0 amide bonds. The molecule has 4 nitrogen and oxygen atoms in total. The zero-order valence-electron chi connectivity index (χ0n) is 13.9. The number of carboxylic acid groups (broad SMARTS) is 1. The predicted octanol–water partition coefficient (Wildman–Crippen LogP) is 4.46. The zero-order valence-corrected chi connectivity index (χ0v) is 14.7. The third kappa shape index (κ3) is 4.47. The van der Waals surface area contributed by atoms with Gasteiger partial charge in [0.25, 0.3) is 0 Å². The average Bonchev–Trinajstić information content (AvgIpc) is 3.29. The molecule has 0 radical (unpaired) electrons. The summed E-state index contributed by atoms with van der Waals surface area (Å²) in [6.45, 7) is 0.586. The zero-order chi connectivity index (χ0) is 17.6. The number of carboxylic acids is 1. The number of hydrogen-bond acceptors (Lipinski definition) is 4. The van der Waals surface area contributed by atoms with E-state index in [1.165, 1.54) is 0 Å². The summed E-state index contributed by atoms with van der Waals surface area (Å²) in [4.78, 5) is 12.6. The lowest BCUT2D eigenvalue weighted by atomic mass is 9.98. The first-order valence-corrected chi connectivity index (χ1v) is 8.85. The number of likely N-dealkylation sites (N-methyl/N-ethyl adjacent to an activating group) is 1. The number of hydrogen-bond donors (Lipinski definition) is 1. The minimum absolute atomic E-state index is 0.0187. The third-order valence-electron chi connectivity index (χ3n) is 3.85. The maximum Gasteiger partial charge on any atom is 0.317 e. The molecule has 2 heterocycles.